The molecule has 0 spiro atoms. The first kappa shape index (κ1) is 20.5. The number of ether oxygens (including phenoxy) is 2. The van der Waals surface area contributed by atoms with Gasteiger partial charge < -0.3 is 9.47 Å². The summed E-state index contributed by atoms with van der Waals surface area (Å²) in [5.41, 5.74) is 1.09. The molecule has 0 radical (unpaired) electrons. The van der Waals surface area contributed by atoms with E-state index in [1.54, 1.807) is 14.2 Å². The second-order valence-electron chi connectivity index (χ2n) is 6.75. The van der Waals surface area contributed by atoms with Gasteiger partial charge in [-0.25, -0.2) is 0 Å². The summed E-state index contributed by atoms with van der Waals surface area (Å²) in [5, 5.41) is 4.13. The van der Waals surface area contributed by atoms with E-state index in [9.17, 15) is 0 Å². The van der Waals surface area contributed by atoms with Crippen LogP contribution in [-0.2, 0) is 9.47 Å². The standard InChI is InChI=1S/C25H28O2P/c1-21(25(26-2)27-3)19-20-28(22-13-7-4-8-14-22,23-15-9-5-10-16-23)24-17-11-6-12-18-24/h4-19,25H,20H2,1-3H3/q+1/b21-19+. The summed E-state index contributed by atoms with van der Waals surface area (Å²) in [5.74, 6) is 0. The molecule has 0 aromatic heterocycles. The van der Waals surface area contributed by atoms with Crippen molar-refractivity contribution in [1.82, 2.24) is 0 Å². The topological polar surface area (TPSA) is 18.5 Å². The molecule has 0 unspecified atom stereocenters. The minimum absolute atomic E-state index is 0.316. The van der Waals surface area contributed by atoms with E-state index in [0.717, 1.165) is 11.7 Å². The number of methoxy groups -OCH3 is 2. The molecule has 0 amide bonds. The highest BCUT2D eigenvalue weighted by molar-refractivity contribution is 7.95. The lowest BCUT2D eigenvalue weighted by atomic mass is 10.3. The number of hydrogen-bond donors (Lipinski definition) is 0. The predicted molar refractivity (Wildman–Crippen MR) is 122 cm³/mol. The van der Waals surface area contributed by atoms with Crippen molar-refractivity contribution in [3.05, 3.63) is 103 Å². The van der Waals surface area contributed by atoms with Crippen LogP contribution in [0.15, 0.2) is 103 Å². The van der Waals surface area contributed by atoms with Crippen molar-refractivity contribution >= 4 is 23.2 Å². The molecule has 144 valence electrons. The van der Waals surface area contributed by atoms with Crippen LogP contribution in [0.2, 0.25) is 0 Å². The molecule has 3 aromatic rings. The van der Waals surface area contributed by atoms with Crippen molar-refractivity contribution in [3.63, 3.8) is 0 Å². The van der Waals surface area contributed by atoms with E-state index in [4.69, 9.17) is 9.47 Å². The Morgan fingerprint density at radius 1 is 0.714 bits per heavy atom. The van der Waals surface area contributed by atoms with Crippen LogP contribution in [0.5, 0.6) is 0 Å². The summed E-state index contributed by atoms with van der Waals surface area (Å²) in [4.78, 5) is 0. The van der Waals surface area contributed by atoms with Gasteiger partial charge in [0.25, 0.3) is 0 Å². The predicted octanol–water partition coefficient (Wildman–Crippen LogP) is 4.55. The lowest BCUT2D eigenvalue weighted by Gasteiger charge is -2.27. The molecule has 28 heavy (non-hydrogen) atoms. The second-order valence-corrected chi connectivity index (χ2v) is 10.3. The largest absolute Gasteiger partial charge is 0.352 e. The molecule has 0 heterocycles. The van der Waals surface area contributed by atoms with Gasteiger partial charge in [0.2, 0.25) is 0 Å². The molecule has 0 saturated heterocycles. The molecule has 0 aliphatic heterocycles. The van der Waals surface area contributed by atoms with E-state index >= 15 is 0 Å². The summed E-state index contributed by atoms with van der Waals surface area (Å²) in [6, 6.07) is 32.7. The van der Waals surface area contributed by atoms with Crippen LogP contribution < -0.4 is 15.9 Å². The lowest BCUT2D eigenvalue weighted by molar-refractivity contribution is -0.0747. The van der Waals surface area contributed by atoms with Gasteiger partial charge in [0, 0.05) is 14.2 Å². The Kier molecular flexibility index (Phi) is 7.17. The fourth-order valence-electron chi connectivity index (χ4n) is 3.66. The van der Waals surface area contributed by atoms with Crippen LogP contribution in [0.25, 0.3) is 0 Å². The van der Waals surface area contributed by atoms with E-state index in [1.165, 1.54) is 15.9 Å². The fraction of sp³-hybridized carbons (Fsp3) is 0.200. The number of benzene rings is 3. The molecule has 3 heteroatoms. The normalized spacial score (nSPS) is 12.4. The van der Waals surface area contributed by atoms with E-state index in [0.29, 0.717) is 0 Å². The van der Waals surface area contributed by atoms with Crippen LogP contribution in [0, 0.1) is 0 Å². The van der Waals surface area contributed by atoms with Crippen molar-refractivity contribution in [3.8, 4) is 0 Å². The third-order valence-electron chi connectivity index (χ3n) is 5.08. The minimum Gasteiger partial charge on any atom is -0.352 e. The average Bonchev–Trinajstić information content (AvgIpc) is 2.77. The first-order chi connectivity index (χ1) is 13.7. The van der Waals surface area contributed by atoms with E-state index in [2.05, 4.69) is 104 Å². The van der Waals surface area contributed by atoms with Crippen LogP contribution in [0.3, 0.4) is 0 Å². The van der Waals surface area contributed by atoms with Gasteiger partial charge in [0.1, 0.15) is 23.2 Å². The Balaban J connectivity index is 2.21. The van der Waals surface area contributed by atoms with Gasteiger partial charge in [0.15, 0.2) is 6.29 Å². The molecule has 3 rings (SSSR count). The smallest absolute Gasteiger partial charge is 0.178 e. The Bertz CT molecular complexity index is 776. The maximum Gasteiger partial charge on any atom is 0.178 e. The third kappa shape index (κ3) is 4.25. The zero-order valence-electron chi connectivity index (χ0n) is 16.8. The molecule has 3 aromatic carbocycles. The Labute approximate surface area is 169 Å². The van der Waals surface area contributed by atoms with Gasteiger partial charge in [-0.1, -0.05) is 54.6 Å². The Hall–Kier alpha value is -2.25. The maximum atomic E-state index is 5.47. The highest BCUT2D eigenvalue weighted by atomic mass is 31.2. The molecule has 0 atom stereocenters. The summed E-state index contributed by atoms with van der Waals surface area (Å²) in [6.45, 7) is 2.08. The molecular weight excluding hydrogens is 363 g/mol. The van der Waals surface area contributed by atoms with Crippen molar-refractivity contribution in [2.24, 2.45) is 0 Å². The van der Waals surface area contributed by atoms with Crippen LogP contribution in [-0.4, -0.2) is 26.7 Å². The number of allylic oxidation sites excluding steroid dienone is 1. The van der Waals surface area contributed by atoms with Gasteiger partial charge in [-0.15, -0.1) is 0 Å². The van der Waals surface area contributed by atoms with Gasteiger partial charge >= 0.3 is 0 Å². The van der Waals surface area contributed by atoms with Crippen molar-refractivity contribution < 1.29 is 9.47 Å². The molecule has 0 aliphatic rings. The van der Waals surface area contributed by atoms with Crippen LogP contribution in [0.1, 0.15) is 6.92 Å². The molecule has 0 aliphatic carbocycles. The van der Waals surface area contributed by atoms with E-state index in [-0.39, 0.29) is 6.29 Å². The van der Waals surface area contributed by atoms with Crippen molar-refractivity contribution in [2.75, 3.05) is 20.4 Å². The number of rotatable bonds is 8. The zero-order chi connectivity index (χ0) is 19.8. The molecule has 0 saturated carbocycles. The van der Waals surface area contributed by atoms with Gasteiger partial charge in [-0.3, -0.25) is 0 Å². The minimum atomic E-state index is -1.86. The summed E-state index contributed by atoms with van der Waals surface area (Å²) in [7, 11) is 1.50. The second kappa shape index (κ2) is 9.80. The first-order valence-corrected chi connectivity index (χ1v) is 11.5. The monoisotopic (exact) mass is 391 g/mol. The molecule has 0 bridgehead atoms. The summed E-state index contributed by atoms with van der Waals surface area (Å²) < 4.78 is 10.9. The van der Waals surface area contributed by atoms with E-state index < -0.39 is 7.26 Å². The summed E-state index contributed by atoms with van der Waals surface area (Å²) in [6.07, 6.45) is 2.89. The summed E-state index contributed by atoms with van der Waals surface area (Å²) >= 11 is 0. The average molecular weight is 391 g/mol. The Morgan fingerprint density at radius 3 is 1.39 bits per heavy atom. The molecule has 2 nitrogen and oxygen atoms in total. The highest BCUT2D eigenvalue weighted by Crippen LogP contribution is 2.55. The first-order valence-electron chi connectivity index (χ1n) is 9.49. The zero-order valence-corrected chi connectivity index (χ0v) is 17.7. The van der Waals surface area contributed by atoms with Gasteiger partial charge in [-0.2, -0.15) is 0 Å². The molecule has 0 fully saturated rings. The van der Waals surface area contributed by atoms with Crippen LogP contribution >= 0.6 is 7.26 Å². The van der Waals surface area contributed by atoms with E-state index in [1.807, 2.05) is 0 Å². The molecule has 0 N–H and O–H groups in total. The van der Waals surface area contributed by atoms with Crippen LogP contribution in [0.4, 0.5) is 0 Å². The third-order valence-corrected chi connectivity index (χ3v) is 9.35. The fourth-order valence-corrected chi connectivity index (χ4v) is 7.79. The number of hydrogen-bond acceptors (Lipinski definition) is 2. The van der Waals surface area contributed by atoms with Gasteiger partial charge in [0.05, 0.1) is 6.16 Å². The maximum absolute atomic E-state index is 5.47. The quantitative estimate of drug-likeness (QED) is 0.319. The van der Waals surface area contributed by atoms with Gasteiger partial charge in [-0.05, 0) is 55.0 Å². The Morgan fingerprint density at radius 2 is 1.07 bits per heavy atom. The van der Waals surface area contributed by atoms with Crippen molar-refractivity contribution in [2.45, 2.75) is 13.2 Å². The molecular formula is C25H28O2P+. The van der Waals surface area contributed by atoms with Crippen molar-refractivity contribution in [1.29, 1.82) is 0 Å². The lowest BCUT2D eigenvalue weighted by Crippen LogP contribution is -2.33. The SMILES string of the molecule is COC(OC)/C(C)=C/C[P+](c1ccccc1)(c1ccccc1)c1ccccc1. The highest BCUT2D eigenvalue weighted by Gasteiger charge is 2.44.